The van der Waals surface area contributed by atoms with E-state index in [0.717, 1.165) is 0 Å². The van der Waals surface area contributed by atoms with Crippen molar-refractivity contribution in [3.63, 3.8) is 0 Å². The number of hydrogen-bond donors (Lipinski definition) is 3. The van der Waals surface area contributed by atoms with Crippen LogP contribution in [0.1, 0.15) is 17.3 Å². The predicted molar refractivity (Wildman–Crippen MR) is 116 cm³/mol. The highest BCUT2D eigenvalue weighted by atomic mass is 16.5. The Morgan fingerprint density at radius 3 is 2.07 bits per heavy atom. The quantitative estimate of drug-likeness (QED) is 0.557. The minimum absolute atomic E-state index is 0.180. The van der Waals surface area contributed by atoms with Crippen LogP contribution in [-0.2, 0) is 9.59 Å². The molecule has 3 amide bonds. The van der Waals surface area contributed by atoms with Crippen molar-refractivity contribution in [1.29, 1.82) is 0 Å². The summed E-state index contributed by atoms with van der Waals surface area (Å²) in [5, 5.41) is 8.16. The molecule has 0 bridgehead atoms. The van der Waals surface area contributed by atoms with Crippen LogP contribution in [0.25, 0.3) is 0 Å². The van der Waals surface area contributed by atoms with Gasteiger partial charge in [-0.15, -0.1) is 0 Å². The molecule has 0 aliphatic carbocycles. The van der Waals surface area contributed by atoms with E-state index in [1.165, 1.54) is 6.92 Å². The van der Waals surface area contributed by atoms with Gasteiger partial charge in [-0.3, -0.25) is 14.4 Å². The van der Waals surface area contributed by atoms with E-state index < -0.39 is 0 Å². The number of ether oxygens (including phenoxy) is 1. The first-order valence-electron chi connectivity index (χ1n) is 9.26. The summed E-state index contributed by atoms with van der Waals surface area (Å²) in [6.07, 6.45) is 0. The average molecular weight is 403 g/mol. The summed E-state index contributed by atoms with van der Waals surface area (Å²) in [5.41, 5.74) is 2.33. The first-order chi connectivity index (χ1) is 14.5. The fourth-order valence-electron chi connectivity index (χ4n) is 2.65. The number of benzene rings is 3. The highest BCUT2D eigenvalue weighted by Gasteiger charge is 2.07. The van der Waals surface area contributed by atoms with Crippen LogP contribution in [0.4, 0.5) is 17.1 Å². The highest BCUT2D eigenvalue weighted by Crippen LogP contribution is 2.18. The zero-order chi connectivity index (χ0) is 21.3. The second-order valence-corrected chi connectivity index (χ2v) is 6.44. The average Bonchev–Trinajstić information content (AvgIpc) is 2.73. The third kappa shape index (κ3) is 6.20. The maximum Gasteiger partial charge on any atom is 0.262 e. The third-order valence-electron chi connectivity index (χ3n) is 3.98. The molecule has 0 radical (unpaired) electrons. The first kappa shape index (κ1) is 20.6. The Bertz CT molecular complexity index is 1030. The molecule has 7 heteroatoms. The maximum absolute atomic E-state index is 12.2. The fraction of sp³-hybridized carbons (Fsp3) is 0.0870. The number of hydrogen-bond acceptors (Lipinski definition) is 4. The van der Waals surface area contributed by atoms with E-state index in [4.69, 9.17) is 4.74 Å². The van der Waals surface area contributed by atoms with Gasteiger partial charge in [-0.2, -0.15) is 0 Å². The van der Waals surface area contributed by atoms with E-state index in [1.807, 2.05) is 6.07 Å². The Morgan fingerprint density at radius 2 is 1.40 bits per heavy atom. The molecule has 3 N–H and O–H groups in total. The molecule has 0 heterocycles. The monoisotopic (exact) mass is 403 g/mol. The van der Waals surface area contributed by atoms with Gasteiger partial charge in [0, 0.05) is 29.5 Å². The van der Waals surface area contributed by atoms with E-state index in [-0.39, 0.29) is 24.3 Å². The summed E-state index contributed by atoms with van der Waals surface area (Å²) >= 11 is 0. The van der Waals surface area contributed by atoms with Crippen LogP contribution < -0.4 is 20.7 Å². The van der Waals surface area contributed by atoms with Gasteiger partial charge in [0.2, 0.25) is 5.91 Å². The maximum atomic E-state index is 12.2. The molecule has 0 aromatic heterocycles. The summed E-state index contributed by atoms with van der Waals surface area (Å²) in [6.45, 7) is 1.23. The van der Waals surface area contributed by atoms with Gasteiger partial charge in [0.1, 0.15) is 5.75 Å². The summed E-state index contributed by atoms with van der Waals surface area (Å²) in [6, 6.07) is 22.5. The van der Waals surface area contributed by atoms with Crippen molar-refractivity contribution in [2.75, 3.05) is 22.6 Å². The largest absolute Gasteiger partial charge is 0.484 e. The zero-order valence-electron chi connectivity index (χ0n) is 16.3. The van der Waals surface area contributed by atoms with Crippen LogP contribution in [-0.4, -0.2) is 24.3 Å². The lowest BCUT2D eigenvalue weighted by Crippen LogP contribution is -2.20. The second kappa shape index (κ2) is 9.88. The van der Waals surface area contributed by atoms with Crippen LogP contribution in [0.2, 0.25) is 0 Å². The molecule has 152 valence electrons. The van der Waals surface area contributed by atoms with Gasteiger partial charge in [0.15, 0.2) is 6.61 Å². The summed E-state index contributed by atoms with van der Waals surface area (Å²) in [4.78, 5) is 35.4. The van der Waals surface area contributed by atoms with Crippen LogP contribution in [0.3, 0.4) is 0 Å². The fourth-order valence-corrected chi connectivity index (χ4v) is 2.65. The van der Waals surface area contributed by atoms with Gasteiger partial charge >= 0.3 is 0 Å². The van der Waals surface area contributed by atoms with Gasteiger partial charge < -0.3 is 20.7 Å². The number of carbonyl (C=O) groups excluding carboxylic acids is 3. The topological polar surface area (TPSA) is 96.5 Å². The van der Waals surface area contributed by atoms with Gasteiger partial charge in [-0.25, -0.2) is 0 Å². The molecule has 0 aliphatic rings. The number of rotatable bonds is 7. The van der Waals surface area contributed by atoms with Crippen LogP contribution in [0.15, 0.2) is 78.9 Å². The molecule has 0 unspecified atom stereocenters. The molecule has 7 nitrogen and oxygen atoms in total. The number of anilines is 3. The normalized spacial score (nSPS) is 10.0. The van der Waals surface area contributed by atoms with Crippen LogP contribution in [0.5, 0.6) is 5.75 Å². The van der Waals surface area contributed by atoms with E-state index >= 15 is 0 Å². The number of carbonyl (C=O) groups is 3. The van der Waals surface area contributed by atoms with Gasteiger partial charge in [0.25, 0.3) is 11.8 Å². The zero-order valence-corrected chi connectivity index (χ0v) is 16.3. The highest BCUT2D eigenvalue weighted by molar-refractivity contribution is 6.04. The predicted octanol–water partition coefficient (Wildman–Crippen LogP) is 3.91. The second-order valence-electron chi connectivity index (χ2n) is 6.44. The molecule has 0 aliphatic heterocycles. The number of nitrogens with one attached hydrogen (secondary N) is 3. The molecule has 0 saturated carbocycles. The Hall–Kier alpha value is -4.13. The van der Waals surface area contributed by atoms with E-state index in [1.54, 1.807) is 72.8 Å². The molecule has 0 spiro atoms. The van der Waals surface area contributed by atoms with Gasteiger partial charge in [-0.1, -0.05) is 24.3 Å². The summed E-state index contributed by atoms with van der Waals surface area (Å²) < 4.78 is 5.48. The van der Waals surface area contributed by atoms with Gasteiger partial charge in [-0.05, 0) is 54.6 Å². The van der Waals surface area contributed by atoms with Crippen molar-refractivity contribution in [2.45, 2.75) is 6.92 Å². The Labute approximate surface area is 174 Å². The molecule has 3 rings (SSSR count). The van der Waals surface area contributed by atoms with Crippen molar-refractivity contribution in [1.82, 2.24) is 0 Å². The lowest BCUT2D eigenvalue weighted by atomic mass is 10.2. The van der Waals surface area contributed by atoms with Crippen molar-refractivity contribution < 1.29 is 19.1 Å². The SMILES string of the molecule is CC(=O)Nc1cccc(NC(=O)COc2ccc(NC(=O)c3ccccc3)cc2)c1. The van der Waals surface area contributed by atoms with E-state index in [9.17, 15) is 14.4 Å². The van der Waals surface area contributed by atoms with Crippen molar-refractivity contribution in [3.05, 3.63) is 84.4 Å². The molecule has 30 heavy (non-hydrogen) atoms. The Morgan fingerprint density at radius 1 is 0.733 bits per heavy atom. The number of amides is 3. The molecule has 3 aromatic rings. The molecular weight excluding hydrogens is 382 g/mol. The van der Waals surface area contributed by atoms with Crippen molar-refractivity contribution in [2.24, 2.45) is 0 Å². The Balaban J connectivity index is 1.49. The van der Waals surface area contributed by atoms with Crippen molar-refractivity contribution >= 4 is 34.8 Å². The Kier molecular flexibility index (Phi) is 6.78. The molecule has 3 aromatic carbocycles. The summed E-state index contributed by atoms with van der Waals surface area (Å²) in [5.74, 6) is -0.235. The van der Waals surface area contributed by atoms with Crippen LogP contribution in [0, 0.1) is 0 Å². The minimum Gasteiger partial charge on any atom is -0.484 e. The molecule has 0 atom stereocenters. The lowest BCUT2D eigenvalue weighted by molar-refractivity contribution is -0.118. The van der Waals surface area contributed by atoms with E-state index in [0.29, 0.717) is 28.4 Å². The minimum atomic E-state index is -0.337. The first-order valence-corrected chi connectivity index (χ1v) is 9.26. The molecule has 0 fully saturated rings. The van der Waals surface area contributed by atoms with E-state index in [2.05, 4.69) is 16.0 Å². The summed E-state index contributed by atoms with van der Waals surface area (Å²) in [7, 11) is 0. The van der Waals surface area contributed by atoms with Crippen molar-refractivity contribution in [3.8, 4) is 5.75 Å². The van der Waals surface area contributed by atoms with Crippen LogP contribution >= 0.6 is 0 Å². The third-order valence-corrected chi connectivity index (χ3v) is 3.98. The molecular formula is C23H21N3O4. The lowest BCUT2D eigenvalue weighted by Gasteiger charge is -2.10. The van der Waals surface area contributed by atoms with Gasteiger partial charge in [0.05, 0.1) is 0 Å². The molecule has 0 saturated heterocycles. The standard InChI is InChI=1S/C23H21N3O4/c1-16(27)24-19-8-5-9-20(14-19)25-22(28)15-30-21-12-10-18(11-13-21)26-23(29)17-6-3-2-4-7-17/h2-14H,15H2,1H3,(H,24,27)(H,25,28)(H,26,29). The smallest absolute Gasteiger partial charge is 0.262 e.